The Hall–Kier alpha value is -4.35. The lowest BCUT2D eigenvalue weighted by atomic mass is 10.1. The van der Waals surface area contributed by atoms with E-state index in [9.17, 15) is 18.0 Å². The zero-order valence-corrected chi connectivity index (χ0v) is 21.8. The van der Waals surface area contributed by atoms with Gasteiger partial charge in [0.05, 0.1) is 5.69 Å². The Morgan fingerprint density at radius 1 is 0.925 bits per heavy atom. The molecule has 0 atom stereocenters. The van der Waals surface area contributed by atoms with Crippen LogP contribution in [0.1, 0.15) is 21.6 Å². The molecule has 4 aromatic rings. The van der Waals surface area contributed by atoms with Gasteiger partial charge in [0.15, 0.2) is 5.69 Å². The average Bonchev–Trinajstić information content (AvgIpc) is 2.95. The number of alkyl halides is 3. The van der Waals surface area contributed by atoms with Crippen LogP contribution < -0.4 is 10.6 Å². The summed E-state index contributed by atoms with van der Waals surface area (Å²) in [5, 5.41) is 5.67. The molecule has 1 aliphatic rings. The van der Waals surface area contributed by atoms with Crippen molar-refractivity contribution in [2.75, 3.05) is 43.9 Å². The monoisotopic (exact) mass is 547 g/mol. The van der Waals surface area contributed by atoms with E-state index < -0.39 is 11.9 Å². The van der Waals surface area contributed by atoms with Crippen molar-refractivity contribution in [3.63, 3.8) is 0 Å². The first kappa shape index (κ1) is 27.2. The molecule has 0 aliphatic carbocycles. The highest BCUT2D eigenvalue weighted by molar-refractivity contribution is 6.04. The van der Waals surface area contributed by atoms with E-state index in [1.54, 1.807) is 48.5 Å². The van der Waals surface area contributed by atoms with Gasteiger partial charge in [-0.2, -0.15) is 13.2 Å². The lowest BCUT2D eigenvalue weighted by Crippen LogP contribution is -2.43. The number of anilines is 3. The third-order valence-corrected chi connectivity index (χ3v) is 6.57. The van der Waals surface area contributed by atoms with Crippen molar-refractivity contribution in [1.29, 1.82) is 0 Å². The van der Waals surface area contributed by atoms with Gasteiger partial charge in [0.2, 0.25) is 5.95 Å². The van der Waals surface area contributed by atoms with Gasteiger partial charge in [-0.1, -0.05) is 18.2 Å². The average molecular weight is 548 g/mol. The molecular formula is C29H28F3N7O. The number of halogens is 3. The molecule has 1 amide bonds. The van der Waals surface area contributed by atoms with Gasteiger partial charge in [0.1, 0.15) is 0 Å². The van der Waals surface area contributed by atoms with E-state index in [0.29, 0.717) is 22.5 Å². The van der Waals surface area contributed by atoms with Crippen molar-refractivity contribution in [1.82, 2.24) is 24.8 Å². The third kappa shape index (κ3) is 6.99. The summed E-state index contributed by atoms with van der Waals surface area (Å²) >= 11 is 0. The van der Waals surface area contributed by atoms with Gasteiger partial charge in [-0.25, -0.2) is 9.97 Å². The number of amides is 1. The largest absolute Gasteiger partial charge is 0.433 e. The van der Waals surface area contributed by atoms with Crippen LogP contribution in [-0.4, -0.2) is 63.9 Å². The quantitative estimate of drug-likeness (QED) is 0.325. The number of carbonyl (C=O) groups is 1. The number of nitrogens with one attached hydrogen (secondary N) is 2. The van der Waals surface area contributed by atoms with Crippen molar-refractivity contribution in [3.8, 4) is 11.3 Å². The molecule has 0 unspecified atom stereocenters. The lowest BCUT2D eigenvalue weighted by Gasteiger charge is -2.32. The normalized spacial score (nSPS) is 14.6. The van der Waals surface area contributed by atoms with Gasteiger partial charge < -0.3 is 15.5 Å². The molecule has 8 nitrogen and oxygen atoms in total. The van der Waals surface area contributed by atoms with Crippen LogP contribution in [0.4, 0.5) is 30.5 Å². The van der Waals surface area contributed by atoms with E-state index in [0.717, 1.165) is 44.4 Å². The minimum absolute atomic E-state index is 0.0819. The number of aromatic nitrogens is 3. The van der Waals surface area contributed by atoms with Gasteiger partial charge in [-0.3, -0.25) is 14.7 Å². The van der Waals surface area contributed by atoms with Gasteiger partial charge >= 0.3 is 6.18 Å². The first-order chi connectivity index (χ1) is 19.2. The van der Waals surface area contributed by atoms with Gasteiger partial charge in [-0.05, 0) is 61.1 Å². The molecule has 2 aromatic carbocycles. The van der Waals surface area contributed by atoms with Crippen LogP contribution in [0.15, 0.2) is 79.1 Å². The number of benzene rings is 2. The number of hydrogen-bond donors (Lipinski definition) is 2. The zero-order valence-electron chi connectivity index (χ0n) is 21.8. The Kier molecular flexibility index (Phi) is 8.04. The van der Waals surface area contributed by atoms with Crippen molar-refractivity contribution in [3.05, 3.63) is 95.9 Å². The highest BCUT2D eigenvalue weighted by Crippen LogP contribution is 2.31. The highest BCUT2D eigenvalue weighted by Gasteiger charge is 2.34. The fourth-order valence-corrected chi connectivity index (χ4v) is 4.34. The maximum atomic E-state index is 13.5. The van der Waals surface area contributed by atoms with Crippen LogP contribution in [0.5, 0.6) is 0 Å². The Labute approximate surface area is 229 Å². The molecule has 1 aliphatic heterocycles. The molecule has 0 bridgehead atoms. The molecule has 0 radical (unpaired) electrons. The summed E-state index contributed by atoms with van der Waals surface area (Å²) in [6, 6.07) is 18.2. The SMILES string of the molecule is CN1CCN(Cc2ccc(C(=O)Nc3cccc(Nc4nc(-c5cccnc5)cc(C(F)(F)F)n4)c3)cc2)CC1. The molecule has 2 N–H and O–H groups in total. The number of carbonyl (C=O) groups excluding carboxylic acids is 1. The summed E-state index contributed by atoms with van der Waals surface area (Å²) < 4.78 is 40.6. The molecule has 1 fully saturated rings. The van der Waals surface area contributed by atoms with Crippen molar-refractivity contribution >= 4 is 23.2 Å². The number of nitrogens with zero attached hydrogens (tertiary/aromatic N) is 5. The molecule has 0 spiro atoms. The van der Waals surface area contributed by atoms with E-state index in [-0.39, 0.29) is 17.5 Å². The third-order valence-electron chi connectivity index (χ3n) is 6.57. The summed E-state index contributed by atoms with van der Waals surface area (Å²) in [4.78, 5) is 29.4. The smallest absolute Gasteiger partial charge is 0.324 e. The number of pyridine rings is 1. The van der Waals surface area contributed by atoms with Crippen LogP contribution >= 0.6 is 0 Å². The number of likely N-dealkylation sites (N-methyl/N-ethyl adjacent to an activating group) is 1. The predicted octanol–water partition coefficient (Wildman–Crippen LogP) is 5.30. The zero-order chi connectivity index (χ0) is 28.1. The maximum absolute atomic E-state index is 13.5. The first-order valence-corrected chi connectivity index (χ1v) is 12.8. The topological polar surface area (TPSA) is 86.3 Å². The molecule has 11 heteroatoms. The van der Waals surface area contributed by atoms with Gasteiger partial charge in [0.25, 0.3) is 5.91 Å². The second-order valence-corrected chi connectivity index (χ2v) is 9.64. The molecule has 1 saturated heterocycles. The van der Waals surface area contributed by atoms with Crippen molar-refractivity contribution in [2.24, 2.45) is 0 Å². The van der Waals surface area contributed by atoms with Crippen molar-refractivity contribution < 1.29 is 18.0 Å². The standard InChI is InChI=1S/C29H28F3N7O/c1-38-12-14-39(15-13-38)19-20-7-9-21(10-8-20)27(40)34-23-5-2-6-24(16-23)35-28-36-25(22-4-3-11-33-18-22)17-26(37-28)29(30,31)32/h2-11,16-18H,12-15,19H2,1H3,(H,34,40)(H,35,36,37). The van der Waals surface area contributed by atoms with E-state index in [2.05, 4.69) is 42.4 Å². The fourth-order valence-electron chi connectivity index (χ4n) is 4.34. The minimum atomic E-state index is -4.66. The van der Waals surface area contributed by atoms with Crippen LogP contribution in [0.25, 0.3) is 11.3 Å². The van der Waals surface area contributed by atoms with E-state index >= 15 is 0 Å². The Morgan fingerprint density at radius 2 is 1.68 bits per heavy atom. The fraction of sp³-hybridized carbons (Fsp3) is 0.241. The van der Waals surface area contributed by atoms with Crippen LogP contribution in [0.2, 0.25) is 0 Å². The number of rotatable bonds is 7. The van der Waals surface area contributed by atoms with Crippen LogP contribution in [0, 0.1) is 0 Å². The Balaban J connectivity index is 1.27. The summed E-state index contributed by atoms with van der Waals surface area (Å²) in [5.41, 5.74) is 1.95. The van der Waals surface area contributed by atoms with Crippen LogP contribution in [0.3, 0.4) is 0 Å². The van der Waals surface area contributed by atoms with E-state index in [1.807, 2.05) is 12.1 Å². The second kappa shape index (κ2) is 11.8. The summed E-state index contributed by atoms with van der Waals surface area (Å²) in [6.07, 6.45) is -1.70. The molecule has 5 rings (SSSR count). The summed E-state index contributed by atoms with van der Waals surface area (Å²) in [6.45, 7) is 4.95. The Bertz CT molecular complexity index is 1450. The summed E-state index contributed by atoms with van der Waals surface area (Å²) in [5.74, 6) is -0.523. The van der Waals surface area contributed by atoms with E-state index in [1.165, 1.54) is 12.4 Å². The summed E-state index contributed by atoms with van der Waals surface area (Å²) in [7, 11) is 2.12. The molecule has 40 heavy (non-hydrogen) atoms. The molecule has 3 heterocycles. The van der Waals surface area contributed by atoms with Gasteiger partial charge in [-0.15, -0.1) is 0 Å². The van der Waals surface area contributed by atoms with E-state index in [4.69, 9.17) is 0 Å². The Morgan fingerprint density at radius 3 is 2.38 bits per heavy atom. The number of piperazine rings is 1. The highest BCUT2D eigenvalue weighted by atomic mass is 19.4. The second-order valence-electron chi connectivity index (χ2n) is 9.64. The predicted molar refractivity (Wildman–Crippen MR) is 147 cm³/mol. The number of hydrogen-bond acceptors (Lipinski definition) is 7. The van der Waals surface area contributed by atoms with Crippen LogP contribution in [-0.2, 0) is 12.7 Å². The molecule has 2 aromatic heterocycles. The first-order valence-electron chi connectivity index (χ1n) is 12.8. The van der Waals surface area contributed by atoms with Crippen molar-refractivity contribution in [2.45, 2.75) is 12.7 Å². The van der Waals surface area contributed by atoms with Gasteiger partial charge in [0, 0.05) is 67.6 Å². The maximum Gasteiger partial charge on any atom is 0.433 e. The molecule has 0 saturated carbocycles. The molecule has 206 valence electrons. The molecular weight excluding hydrogens is 519 g/mol. The lowest BCUT2D eigenvalue weighted by molar-refractivity contribution is -0.141. The minimum Gasteiger partial charge on any atom is -0.324 e.